The van der Waals surface area contributed by atoms with Gasteiger partial charge < -0.3 is 105 Å². The highest BCUT2D eigenvalue weighted by atomic mass is 16.8. The predicted octanol–water partition coefficient (Wildman–Crippen LogP) is -10.1. The summed E-state index contributed by atoms with van der Waals surface area (Å²) < 4.78 is 32.6. The Morgan fingerprint density at radius 3 is 1.69 bits per heavy atom. The van der Waals surface area contributed by atoms with Gasteiger partial charge in [-0.25, -0.2) is 0 Å². The minimum absolute atomic E-state index is 0.835. The van der Waals surface area contributed by atoms with Gasteiger partial charge in [-0.1, -0.05) is 0 Å². The summed E-state index contributed by atoms with van der Waals surface area (Å²) in [6.07, 6.45) is -34.2. The molecule has 21 nitrogen and oxygen atoms in total. The van der Waals surface area contributed by atoms with Gasteiger partial charge >= 0.3 is 0 Å². The van der Waals surface area contributed by atoms with Crippen LogP contribution in [0.4, 0.5) is 0 Å². The van der Waals surface area contributed by atoms with E-state index in [1.54, 1.807) is 0 Å². The molecule has 21 heteroatoms. The van der Waals surface area contributed by atoms with Gasteiger partial charge in [0.25, 0.3) is 0 Å². The smallest absolute Gasteiger partial charge is 0.187 e. The van der Waals surface area contributed by atoms with Crippen LogP contribution in [-0.4, -0.2) is 226 Å². The average molecular weight is 669 g/mol. The van der Waals surface area contributed by atoms with Gasteiger partial charge in [-0.3, -0.25) is 0 Å². The van der Waals surface area contributed by atoms with E-state index in [-0.39, 0.29) is 0 Å². The summed E-state index contributed by atoms with van der Waals surface area (Å²) in [6, 6.07) is 0. The summed E-state index contributed by atoms with van der Waals surface area (Å²) >= 11 is 0. The van der Waals surface area contributed by atoms with Crippen LogP contribution in [0.5, 0.6) is 0 Å². The molecule has 3 fully saturated rings. The highest BCUT2D eigenvalue weighted by Crippen LogP contribution is 2.34. The molecule has 0 bridgehead atoms. The van der Waals surface area contributed by atoms with E-state index < -0.39 is 150 Å². The highest BCUT2D eigenvalue weighted by molar-refractivity contribution is 4.97. The van der Waals surface area contributed by atoms with E-state index in [9.17, 15) is 66.4 Å². The lowest BCUT2D eigenvalue weighted by Crippen LogP contribution is -2.62. The molecule has 3 aliphatic rings. The Balaban J connectivity index is 1.76. The zero-order chi connectivity index (χ0) is 33.7. The summed E-state index contributed by atoms with van der Waals surface area (Å²) in [6.45, 7) is -4.66. The molecule has 0 saturated carbocycles. The Morgan fingerprint density at radius 1 is 0.533 bits per heavy atom. The second-order valence-electron chi connectivity index (χ2n) is 10.9. The Bertz CT molecular complexity index is 873. The van der Waals surface area contributed by atoms with Crippen LogP contribution >= 0.6 is 0 Å². The van der Waals surface area contributed by atoms with Gasteiger partial charge in [-0.15, -0.1) is 0 Å². The fourth-order valence-electron chi connectivity index (χ4n) is 5.12. The second kappa shape index (κ2) is 17.0. The third-order valence-corrected chi connectivity index (χ3v) is 7.85. The fraction of sp³-hybridized carbons (Fsp3) is 1.00. The van der Waals surface area contributed by atoms with Crippen molar-refractivity contribution in [3.05, 3.63) is 0 Å². The number of hydrogen-bond donors (Lipinski definition) is 15. The van der Waals surface area contributed by atoms with Crippen LogP contribution in [0.3, 0.4) is 0 Å². The highest BCUT2D eigenvalue weighted by Gasteiger charge is 2.55. The molecule has 0 radical (unpaired) electrons. The maximum atomic E-state index is 10.8. The standard InChI is InChI=1S/C24H44O21/c25-1-6(30)11(32)12(33)8(3-27)40-24-21(14(35)13(34)9(4-28)41-24)45-23-18(39)16(37)20(44-23)10(5-29)42-22-17(38)15(36)19(43-22)7(31)2-26/h6-39H,1-5H2/t6-,7-,8-,9-,10-,11-,12-,13-,14+,15-,16-,17-,18-,19+,20+,21+,22-,23+,24+/m1/s1. The Morgan fingerprint density at radius 2 is 1.13 bits per heavy atom. The molecular formula is C24H44O21. The summed E-state index contributed by atoms with van der Waals surface area (Å²) in [7, 11) is 0. The summed E-state index contributed by atoms with van der Waals surface area (Å²) in [5, 5.41) is 150. The van der Waals surface area contributed by atoms with Gasteiger partial charge in [0.05, 0.1) is 33.0 Å². The lowest BCUT2D eigenvalue weighted by molar-refractivity contribution is -0.353. The van der Waals surface area contributed by atoms with E-state index in [0.717, 1.165) is 0 Å². The van der Waals surface area contributed by atoms with Gasteiger partial charge in [-0.2, -0.15) is 0 Å². The second-order valence-corrected chi connectivity index (χ2v) is 10.9. The third-order valence-electron chi connectivity index (χ3n) is 7.85. The zero-order valence-electron chi connectivity index (χ0n) is 23.7. The van der Waals surface area contributed by atoms with Crippen LogP contribution in [0.15, 0.2) is 0 Å². The summed E-state index contributed by atoms with van der Waals surface area (Å²) in [5.41, 5.74) is 0. The van der Waals surface area contributed by atoms with Crippen molar-refractivity contribution >= 4 is 0 Å². The fourth-order valence-corrected chi connectivity index (χ4v) is 5.12. The number of rotatable bonds is 16. The Hall–Kier alpha value is -0.840. The number of hydrogen-bond acceptors (Lipinski definition) is 21. The quantitative estimate of drug-likeness (QED) is 0.0725. The van der Waals surface area contributed by atoms with E-state index in [4.69, 9.17) is 38.6 Å². The first-order chi connectivity index (χ1) is 21.2. The van der Waals surface area contributed by atoms with Crippen molar-refractivity contribution in [3.8, 4) is 0 Å². The van der Waals surface area contributed by atoms with Crippen molar-refractivity contribution in [2.45, 2.75) is 117 Å². The molecule has 0 aromatic rings. The molecule has 0 aromatic carbocycles. The van der Waals surface area contributed by atoms with Crippen molar-refractivity contribution in [2.75, 3.05) is 33.0 Å². The van der Waals surface area contributed by atoms with Crippen molar-refractivity contribution in [2.24, 2.45) is 0 Å². The number of aliphatic hydroxyl groups excluding tert-OH is 15. The first-order valence-electron chi connectivity index (χ1n) is 14.0. The van der Waals surface area contributed by atoms with Crippen molar-refractivity contribution in [1.29, 1.82) is 0 Å². The lowest BCUT2D eigenvalue weighted by Gasteiger charge is -2.44. The van der Waals surface area contributed by atoms with Crippen molar-refractivity contribution in [3.63, 3.8) is 0 Å². The maximum absolute atomic E-state index is 10.8. The summed E-state index contributed by atoms with van der Waals surface area (Å²) in [5.74, 6) is 0. The van der Waals surface area contributed by atoms with Gasteiger partial charge in [0.15, 0.2) is 18.9 Å². The van der Waals surface area contributed by atoms with Crippen LogP contribution in [0.2, 0.25) is 0 Å². The molecule has 3 saturated heterocycles. The van der Waals surface area contributed by atoms with E-state index in [1.165, 1.54) is 0 Å². The van der Waals surface area contributed by atoms with Gasteiger partial charge in [0.1, 0.15) is 97.7 Å². The molecule has 3 heterocycles. The molecular weight excluding hydrogens is 624 g/mol. The van der Waals surface area contributed by atoms with Crippen molar-refractivity contribution < 1.29 is 105 Å². The molecule has 3 rings (SSSR count). The molecule has 3 aliphatic heterocycles. The summed E-state index contributed by atoms with van der Waals surface area (Å²) in [4.78, 5) is 0. The molecule has 0 amide bonds. The minimum Gasteiger partial charge on any atom is -0.394 e. The largest absolute Gasteiger partial charge is 0.394 e. The average Bonchev–Trinajstić information content (AvgIpc) is 3.48. The molecule has 0 unspecified atom stereocenters. The van der Waals surface area contributed by atoms with Crippen LogP contribution in [0, 0.1) is 0 Å². The van der Waals surface area contributed by atoms with Crippen LogP contribution in [0.1, 0.15) is 0 Å². The van der Waals surface area contributed by atoms with Crippen LogP contribution in [0.25, 0.3) is 0 Å². The molecule has 266 valence electrons. The number of ether oxygens (including phenoxy) is 6. The van der Waals surface area contributed by atoms with E-state index >= 15 is 0 Å². The van der Waals surface area contributed by atoms with Gasteiger partial charge in [-0.05, 0) is 0 Å². The first kappa shape index (κ1) is 38.6. The first-order valence-corrected chi connectivity index (χ1v) is 14.0. The van der Waals surface area contributed by atoms with Gasteiger partial charge in [0.2, 0.25) is 0 Å². The Kier molecular flexibility index (Phi) is 14.6. The number of aliphatic hydroxyl groups is 15. The van der Waals surface area contributed by atoms with Crippen LogP contribution in [-0.2, 0) is 28.4 Å². The SMILES string of the molecule is OC[C@@H](O)[C@@H](O)[C@H](O)[C@@H](CO)O[C@H]1O[C@H](CO)[C@@H](O)[C@H](O)[C@@H]1O[C@@H]1O[C@@H]([C@@H](CO)O[C@@H]2O[C@@H]([C@H](O)CO)[C@H](O)[C@H]2O)[C@H](O)[C@H]1O. The molecule has 15 N–H and O–H groups in total. The molecule has 45 heavy (non-hydrogen) atoms. The topological polar surface area (TPSA) is 359 Å². The molecule has 0 aliphatic carbocycles. The van der Waals surface area contributed by atoms with E-state index in [2.05, 4.69) is 0 Å². The monoisotopic (exact) mass is 668 g/mol. The molecule has 0 aromatic heterocycles. The third kappa shape index (κ3) is 8.43. The minimum atomic E-state index is -2.07. The molecule has 0 spiro atoms. The molecule has 19 atom stereocenters. The van der Waals surface area contributed by atoms with Gasteiger partial charge in [0, 0.05) is 0 Å². The van der Waals surface area contributed by atoms with E-state index in [0.29, 0.717) is 0 Å². The normalized spacial score (nSPS) is 43.1. The van der Waals surface area contributed by atoms with Crippen LogP contribution < -0.4 is 0 Å². The predicted molar refractivity (Wildman–Crippen MR) is 136 cm³/mol. The van der Waals surface area contributed by atoms with E-state index in [1.807, 2.05) is 0 Å². The Labute approximate surface area is 255 Å². The van der Waals surface area contributed by atoms with Crippen molar-refractivity contribution in [1.82, 2.24) is 0 Å². The zero-order valence-corrected chi connectivity index (χ0v) is 23.7. The lowest BCUT2D eigenvalue weighted by atomic mass is 9.98. The maximum Gasteiger partial charge on any atom is 0.187 e.